The van der Waals surface area contributed by atoms with Gasteiger partial charge in [0.05, 0.1) is 0 Å². The Hall–Kier alpha value is -1.91. The molecule has 1 unspecified atom stereocenters. The fourth-order valence-electron chi connectivity index (χ4n) is 3.73. The van der Waals surface area contributed by atoms with Crippen LogP contribution in [-0.2, 0) is 16.0 Å². The highest BCUT2D eigenvalue weighted by Crippen LogP contribution is 2.29. The second kappa shape index (κ2) is 8.81. The largest absolute Gasteiger partial charge is 0.483 e. The lowest BCUT2D eigenvalue weighted by Gasteiger charge is -2.20. The number of nitrogens with zero attached hydrogens (tertiary/aromatic N) is 1. The molecule has 1 N–H and O–H groups in total. The van der Waals surface area contributed by atoms with Crippen molar-refractivity contribution in [3.8, 4) is 0 Å². The molecule has 2 fully saturated rings. The van der Waals surface area contributed by atoms with Crippen molar-refractivity contribution in [2.75, 3.05) is 13.1 Å². The van der Waals surface area contributed by atoms with Crippen molar-refractivity contribution >= 4 is 12.4 Å². The van der Waals surface area contributed by atoms with E-state index in [4.69, 9.17) is 9.90 Å². The number of aryl methyl sites for hydroxylation is 1. The van der Waals surface area contributed by atoms with E-state index in [9.17, 15) is 9.18 Å². The second-order valence-electron chi connectivity index (χ2n) is 6.81. The Bertz CT molecular complexity index is 570. The molecule has 1 amide bonds. The van der Waals surface area contributed by atoms with Crippen LogP contribution >= 0.6 is 0 Å². The van der Waals surface area contributed by atoms with Crippen LogP contribution in [0.25, 0.3) is 0 Å². The third-order valence-corrected chi connectivity index (χ3v) is 5.06. The molecule has 132 valence electrons. The summed E-state index contributed by atoms with van der Waals surface area (Å²) >= 11 is 0. The van der Waals surface area contributed by atoms with Gasteiger partial charge in [-0.15, -0.1) is 0 Å². The number of hydrogen-bond acceptors (Lipinski definition) is 2. The Morgan fingerprint density at radius 2 is 2.00 bits per heavy atom. The molecule has 4 nitrogen and oxygen atoms in total. The summed E-state index contributed by atoms with van der Waals surface area (Å²) in [6, 6.07) is 5.51. The molecule has 0 spiro atoms. The predicted molar refractivity (Wildman–Crippen MR) is 90.2 cm³/mol. The van der Waals surface area contributed by atoms with E-state index in [0.29, 0.717) is 17.4 Å². The van der Waals surface area contributed by atoms with Crippen LogP contribution in [0.5, 0.6) is 0 Å². The maximum Gasteiger partial charge on any atom is 0.290 e. The van der Waals surface area contributed by atoms with Gasteiger partial charge in [-0.25, -0.2) is 4.39 Å². The van der Waals surface area contributed by atoms with Gasteiger partial charge >= 0.3 is 0 Å². The Morgan fingerprint density at radius 3 is 2.62 bits per heavy atom. The van der Waals surface area contributed by atoms with E-state index in [-0.39, 0.29) is 18.2 Å². The highest BCUT2D eigenvalue weighted by Gasteiger charge is 2.32. The lowest BCUT2D eigenvalue weighted by Crippen LogP contribution is -2.33. The van der Waals surface area contributed by atoms with Gasteiger partial charge in [0.2, 0.25) is 5.91 Å². The van der Waals surface area contributed by atoms with Gasteiger partial charge < -0.3 is 10.0 Å². The van der Waals surface area contributed by atoms with Crippen molar-refractivity contribution in [1.82, 2.24) is 4.90 Å². The number of benzene rings is 1. The van der Waals surface area contributed by atoms with Crippen molar-refractivity contribution in [3.63, 3.8) is 0 Å². The first kappa shape index (κ1) is 18.4. The first-order valence-electron chi connectivity index (χ1n) is 8.66. The monoisotopic (exact) mass is 335 g/mol. The molecule has 5 heteroatoms. The van der Waals surface area contributed by atoms with Crippen LogP contribution in [0.15, 0.2) is 18.2 Å². The average Bonchev–Trinajstić information content (AvgIpc) is 3.23. The number of hydrogen-bond donors (Lipinski definition) is 1. The highest BCUT2D eigenvalue weighted by molar-refractivity contribution is 5.79. The third kappa shape index (κ3) is 4.79. The summed E-state index contributed by atoms with van der Waals surface area (Å²) in [7, 11) is 0. The number of likely N-dealkylation sites (tertiary alicyclic amines) is 1. The Labute approximate surface area is 142 Å². The van der Waals surface area contributed by atoms with E-state index in [1.165, 1.54) is 12.8 Å². The lowest BCUT2D eigenvalue weighted by atomic mass is 9.98. The van der Waals surface area contributed by atoms with Gasteiger partial charge in [-0.1, -0.05) is 25.0 Å². The Kier molecular flexibility index (Phi) is 6.76. The zero-order chi connectivity index (χ0) is 17.5. The quantitative estimate of drug-likeness (QED) is 0.861. The van der Waals surface area contributed by atoms with Gasteiger partial charge in [0.15, 0.2) is 0 Å². The smallest absolute Gasteiger partial charge is 0.290 e. The molecule has 3 rings (SSSR count). The minimum Gasteiger partial charge on any atom is -0.483 e. The van der Waals surface area contributed by atoms with Crippen LogP contribution in [0, 0.1) is 24.6 Å². The first-order chi connectivity index (χ1) is 11.5. The molecular formula is C19H26FNO3. The van der Waals surface area contributed by atoms with Crippen molar-refractivity contribution < 1.29 is 19.1 Å². The third-order valence-electron chi connectivity index (χ3n) is 5.06. The number of halogens is 1. The van der Waals surface area contributed by atoms with E-state index in [1.54, 1.807) is 13.0 Å². The number of carbonyl (C=O) groups is 2. The van der Waals surface area contributed by atoms with Crippen molar-refractivity contribution in [1.29, 1.82) is 0 Å². The van der Waals surface area contributed by atoms with E-state index < -0.39 is 0 Å². The fourth-order valence-corrected chi connectivity index (χ4v) is 3.73. The van der Waals surface area contributed by atoms with Crippen LogP contribution in [0.1, 0.15) is 43.2 Å². The number of amides is 1. The number of rotatable bonds is 3. The Morgan fingerprint density at radius 1 is 1.33 bits per heavy atom. The predicted octanol–water partition coefficient (Wildman–Crippen LogP) is 3.42. The van der Waals surface area contributed by atoms with E-state index in [0.717, 1.165) is 44.3 Å². The molecule has 24 heavy (non-hydrogen) atoms. The Balaban J connectivity index is 0.000000647. The van der Waals surface area contributed by atoms with Crippen molar-refractivity contribution in [2.24, 2.45) is 11.8 Å². The summed E-state index contributed by atoms with van der Waals surface area (Å²) in [5, 5.41) is 6.89. The van der Waals surface area contributed by atoms with Crippen LogP contribution < -0.4 is 0 Å². The van der Waals surface area contributed by atoms with Gasteiger partial charge in [0, 0.05) is 19.0 Å². The molecule has 0 aromatic heterocycles. The molecular weight excluding hydrogens is 309 g/mol. The summed E-state index contributed by atoms with van der Waals surface area (Å²) in [5.74, 6) is 1.01. The molecule has 1 aromatic carbocycles. The van der Waals surface area contributed by atoms with Crippen molar-refractivity contribution in [3.05, 3.63) is 35.1 Å². The number of carbonyl (C=O) groups excluding carboxylic acids is 1. The highest BCUT2D eigenvalue weighted by atomic mass is 19.1. The molecule has 1 saturated carbocycles. The van der Waals surface area contributed by atoms with Gasteiger partial charge in [-0.2, -0.15) is 0 Å². The second-order valence-corrected chi connectivity index (χ2v) is 6.81. The molecule has 2 aliphatic rings. The molecule has 0 bridgehead atoms. The minimum absolute atomic E-state index is 0.121. The molecule has 0 radical (unpaired) electrons. The van der Waals surface area contributed by atoms with E-state index in [1.807, 2.05) is 17.0 Å². The van der Waals surface area contributed by atoms with E-state index in [2.05, 4.69) is 0 Å². The molecule has 1 aromatic rings. The SMILES string of the molecule is Cc1ccc(CC2CCN(C(=O)C3CCCC3)C2)cc1F.O=CO. The van der Waals surface area contributed by atoms with Crippen LogP contribution in [-0.4, -0.2) is 35.5 Å². The normalized spacial score (nSPS) is 20.6. The average molecular weight is 335 g/mol. The van der Waals surface area contributed by atoms with Crippen LogP contribution in [0.4, 0.5) is 4.39 Å². The summed E-state index contributed by atoms with van der Waals surface area (Å²) in [6.45, 7) is 3.27. The van der Waals surface area contributed by atoms with Gasteiger partial charge in [0.25, 0.3) is 6.47 Å². The van der Waals surface area contributed by atoms with Crippen molar-refractivity contribution in [2.45, 2.75) is 45.4 Å². The van der Waals surface area contributed by atoms with E-state index >= 15 is 0 Å². The number of carboxylic acid groups (broad SMARTS) is 1. The summed E-state index contributed by atoms with van der Waals surface area (Å²) in [5.41, 5.74) is 1.75. The zero-order valence-electron chi connectivity index (χ0n) is 14.2. The molecule has 1 aliphatic carbocycles. The minimum atomic E-state index is -0.250. The van der Waals surface area contributed by atoms with Gasteiger partial charge in [-0.3, -0.25) is 9.59 Å². The van der Waals surface area contributed by atoms with Gasteiger partial charge in [0.1, 0.15) is 5.82 Å². The summed E-state index contributed by atoms with van der Waals surface area (Å²) < 4.78 is 13.6. The molecule has 1 atom stereocenters. The lowest BCUT2D eigenvalue weighted by molar-refractivity contribution is -0.134. The maximum absolute atomic E-state index is 13.6. The summed E-state index contributed by atoms with van der Waals surface area (Å²) in [4.78, 5) is 22.8. The summed E-state index contributed by atoms with van der Waals surface area (Å²) in [6.07, 6.45) is 6.48. The molecule has 1 aliphatic heterocycles. The topological polar surface area (TPSA) is 57.6 Å². The zero-order valence-corrected chi connectivity index (χ0v) is 14.2. The molecule has 1 heterocycles. The first-order valence-corrected chi connectivity index (χ1v) is 8.66. The standard InChI is InChI=1S/C18H24FNO.CH2O2/c1-13-6-7-14(11-17(13)19)10-15-8-9-20(12-15)18(21)16-4-2-3-5-16;2-1-3/h6-7,11,15-16H,2-5,8-10,12H2,1H3;1H,(H,2,3). The maximum atomic E-state index is 13.6. The van der Waals surface area contributed by atoms with Crippen LogP contribution in [0.3, 0.4) is 0 Å². The molecule has 1 saturated heterocycles. The fraction of sp³-hybridized carbons (Fsp3) is 0.579. The van der Waals surface area contributed by atoms with Gasteiger partial charge in [-0.05, 0) is 55.7 Å². The van der Waals surface area contributed by atoms with Crippen LogP contribution in [0.2, 0.25) is 0 Å².